The molecular weight excluding hydrogens is 244 g/mol. The highest BCUT2D eigenvalue weighted by atomic mass is 16.1. The first-order valence-corrected chi connectivity index (χ1v) is 7.60. The lowest BCUT2D eigenvalue weighted by Crippen LogP contribution is -2.32. The Morgan fingerprint density at radius 1 is 1.15 bits per heavy atom. The zero-order valence-corrected chi connectivity index (χ0v) is 13.2. The van der Waals surface area contributed by atoms with Gasteiger partial charge >= 0.3 is 0 Å². The molecule has 0 saturated heterocycles. The lowest BCUT2D eigenvalue weighted by atomic mass is 9.70. The highest BCUT2D eigenvalue weighted by Gasteiger charge is 2.66. The molecule has 20 heavy (non-hydrogen) atoms. The van der Waals surface area contributed by atoms with Crippen molar-refractivity contribution in [2.75, 3.05) is 0 Å². The van der Waals surface area contributed by atoms with Crippen molar-refractivity contribution in [2.45, 2.75) is 41.0 Å². The first kappa shape index (κ1) is 13.6. The van der Waals surface area contributed by atoms with E-state index in [1.165, 1.54) is 5.56 Å². The summed E-state index contributed by atoms with van der Waals surface area (Å²) in [7, 11) is 0. The van der Waals surface area contributed by atoms with Gasteiger partial charge in [0.25, 0.3) is 0 Å². The van der Waals surface area contributed by atoms with Crippen molar-refractivity contribution in [1.82, 2.24) is 0 Å². The quantitative estimate of drug-likeness (QED) is 0.678. The lowest BCUT2D eigenvalue weighted by Gasteiger charge is -2.31. The first-order chi connectivity index (χ1) is 9.27. The van der Waals surface area contributed by atoms with E-state index in [2.05, 4.69) is 65.0 Å². The van der Waals surface area contributed by atoms with Crippen molar-refractivity contribution in [3.63, 3.8) is 0 Å². The molecule has 0 spiro atoms. The van der Waals surface area contributed by atoms with Gasteiger partial charge in [-0.15, -0.1) is 0 Å². The van der Waals surface area contributed by atoms with Crippen molar-refractivity contribution < 1.29 is 4.79 Å². The SMILES string of the molecule is Cc1ccc(/C=C2\C(=O)C3(C)CC(C)C2C3(C)C)cc1. The molecule has 2 bridgehead atoms. The van der Waals surface area contributed by atoms with Crippen molar-refractivity contribution in [2.24, 2.45) is 22.7 Å². The average molecular weight is 268 g/mol. The van der Waals surface area contributed by atoms with Gasteiger partial charge in [0.1, 0.15) is 0 Å². The standard InChI is InChI=1S/C19H24O/c1-12-6-8-14(9-7-12)10-15-16-13(2)11-19(5,17(15)20)18(16,3)4/h6-10,13,16H,11H2,1-5H3/b15-10-. The number of hydrogen-bond acceptors (Lipinski definition) is 1. The maximum atomic E-state index is 12.9. The maximum absolute atomic E-state index is 12.9. The predicted molar refractivity (Wildman–Crippen MR) is 83.3 cm³/mol. The van der Waals surface area contributed by atoms with E-state index in [-0.39, 0.29) is 10.8 Å². The van der Waals surface area contributed by atoms with Crippen LogP contribution >= 0.6 is 0 Å². The van der Waals surface area contributed by atoms with Crippen LogP contribution in [0.3, 0.4) is 0 Å². The number of fused-ring (bicyclic) bond motifs is 2. The molecule has 3 unspecified atom stereocenters. The molecule has 106 valence electrons. The minimum absolute atomic E-state index is 0.0834. The summed E-state index contributed by atoms with van der Waals surface area (Å²) in [5, 5.41) is 0. The minimum Gasteiger partial charge on any atom is -0.294 e. The van der Waals surface area contributed by atoms with E-state index >= 15 is 0 Å². The summed E-state index contributed by atoms with van der Waals surface area (Å²) in [6, 6.07) is 8.45. The Morgan fingerprint density at radius 3 is 2.30 bits per heavy atom. The minimum atomic E-state index is -0.173. The lowest BCUT2D eigenvalue weighted by molar-refractivity contribution is -0.125. The van der Waals surface area contributed by atoms with Gasteiger partial charge in [-0.05, 0) is 42.2 Å². The van der Waals surface area contributed by atoms with E-state index in [9.17, 15) is 4.79 Å². The van der Waals surface area contributed by atoms with Crippen LogP contribution in [-0.4, -0.2) is 5.78 Å². The topological polar surface area (TPSA) is 17.1 Å². The monoisotopic (exact) mass is 268 g/mol. The highest BCUT2D eigenvalue weighted by Crippen LogP contribution is 2.67. The maximum Gasteiger partial charge on any atom is 0.165 e. The molecule has 0 aliphatic heterocycles. The summed E-state index contributed by atoms with van der Waals surface area (Å²) in [4.78, 5) is 12.9. The second-order valence-corrected chi connectivity index (χ2v) is 7.55. The van der Waals surface area contributed by atoms with Crippen molar-refractivity contribution in [3.8, 4) is 0 Å². The fourth-order valence-electron chi connectivity index (χ4n) is 4.62. The van der Waals surface area contributed by atoms with Gasteiger partial charge in [0.2, 0.25) is 0 Å². The second-order valence-electron chi connectivity index (χ2n) is 7.55. The van der Waals surface area contributed by atoms with Gasteiger partial charge in [0, 0.05) is 11.0 Å². The molecule has 2 saturated carbocycles. The molecule has 1 aromatic rings. The van der Waals surface area contributed by atoms with Crippen LogP contribution in [0.2, 0.25) is 0 Å². The summed E-state index contributed by atoms with van der Waals surface area (Å²) in [5.41, 5.74) is 3.37. The fourth-order valence-corrected chi connectivity index (χ4v) is 4.62. The third-order valence-corrected chi connectivity index (χ3v) is 6.00. The Balaban J connectivity index is 2.07. The fraction of sp³-hybridized carbons (Fsp3) is 0.526. The zero-order chi connectivity index (χ0) is 14.7. The Bertz CT molecular complexity index is 591. The molecule has 3 rings (SSSR count). The number of rotatable bonds is 1. The number of carbonyl (C=O) groups excluding carboxylic acids is 1. The van der Waals surface area contributed by atoms with Gasteiger partial charge in [-0.1, -0.05) is 57.5 Å². The third kappa shape index (κ3) is 1.58. The van der Waals surface area contributed by atoms with Crippen LogP contribution in [0.4, 0.5) is 0 Å². The van der Waals surface area contributed by atoms with Gasteiger partial charge in [-0.3, -0.25) is 4.79 Å². The van der Waals surface area contributed by atoms with Crippen LogP contribution < -0.4 is 0 Å². The third-order valence-electron chi connectivity index (χ3n) is 6.00. The molecule has 2 fully saturated rings. The first-order valence-electron chi connectivity index (χ1n) is 7.60. The van der Waals surface area contributed by atoms with Crippen LogP contribution in [0.1, 0.15) is 45.2 Å². The van der Waals surface area contributed by atoms with E-state index in [1.807, 2.05) is 0 Å². The van der Waals surface area contributed by atoms with E-state index in [1.54, 1.807) is 0 Å². The molecule has 0 N–H and O–H groups in total. The van der Waals surface area contributed by atoms with Gasteiger partial charge < -0.3 is 0 Å². The second kappa shape index (κ2) is 4.07. The summed E-state index contributed by atoms with van der Waals surface area (Å²) in [5.74, 6) is 1.39. The summed E-state index contributed by atoms with van der Waals surface area (Å²) < 4.78 is 0. The smallest absolute Gasteiger partial charge is 0.165 e. The summed E-state index contributed by atoms with van der Waals surface area (Å²) >= 11 is 0. The molecule has 1 nitrogen and oxygen atoms in total. The normalized spacial score (nSPS) is 36.9. The van der Waals surface area contributed by atoms with Crippen molar-refractivity contribution in [3.05, 3.63) is 41.0 Å². The van der Waals surface area contributed by atoms with Gasteiger partial charge in [-0.25, -0.2) is 0 Å². The van der Waals surface area contributed by atoms with Gasteiger partial charge in [0.05, 0.1) is 0 Å². The number of ketones is 1. The van der Waals surface area contributed by atoms with Gasteiger partial charge in [-0.2, -0.15) is 0 Å². The Labute approximate surface area is 122 Å². The van der Waals surface area contributed by atoms with Crippen molar-refractivity contribution >= 4 is 11.9 Å². The van der Waals surface area contributed by atoms with Gasteiger partial charge in [0.15, 0.2) is 5.78 Å². The zero-order valence-electron chi connectivity index (χ0n) is 13.2. The molecule has 0 radical (unpaired) electrons. The van der Waals surface area contributed by atoms with E-state index in [0.29, 0.717) is 17.6 Å². The number of allylic oxidation sites excluding steroid dienone is 1. The number of carbonyl (C=O) groups is 1. The molecule has 0 aromatic heterocycles. The molecule has 2 aliphatic rings. The van der Waals surface area contributed by atoms with Crippen molar-refractivity contribution in [1.29, 1.82) is 0 Å². The molecule has 0 amide bonds. The van der Waals surface area contributed by atoms with E-state index in [0.717, 1.165) is 17.6 Å². The number of aryl methyl sites for hydroxylation is 1. The van der Waals surface area contributed by atoms with E-state index in [4.69, 9.17) is 0 Å². The van der Waals surface area contributed by atoms with Crippen LogP contribution in [0.25, 0.3) is 6.08 Å². The number of benzene rings is 1. The molecular formula is C19H24O. The largest absolute Gasteiger partial charge is 0.294 e. The summed E-state index contributed by atoms with van der Waals surface area (Å²) in [6.07, 6.45) is 3.17. The average Bonchev–Trinajstić information content (AvgIpc) is 2.63. The van der Waals surface area contributed by atoms with E-state index < -0.39 is 0 Å². The Hall–Kier alpha value is -1.37. The number of Topliss-reactive ketones (excluding diaryl/α,β-unsaturated/α-hetero) is 1. The molecule has 0 heterocycles. The number of hydrogen-bond donors (Lipinski definition) is 0. The van der Waals surface area contributed by atoms with Crippen LogP contribution in [0.15, 0.2) is 29.8 Å². The van der Waals surface area contributed by atoms with Crippen LogP contribution in [-0.2, 0) is 4.79 Å². The predicted octanol–water partition coefficient (Wildman–Crippen LogP) is 4.65. The molecule has 3 atom stereocenters. The Kier molecular flexibility index (Phi) is 2.77. The summed E-state index contributed by atoms with van der Waals surface area (Å²) in [6.45, 7) is 11.1. The highest BCUT2D eigenvalue weighted by molar-refractivity contribution is 6.08. The molecule has 1 heteroatoms. The molecule has 1 aromatic carbocycles. The van der Waals surface area contributed by atoms with Crippen LogP contribution in [0, 0.1) is 29.6 Å². The Morgan fingerprint density at radius 2 is 1.75 bits per heavy atom. The van der Waals surface area contributed by atoms with Crippen LogP contribution in [0.5, 0.6) is 0 Å². The molecule has 2 aliphatic carbocycles.